The fourth-order valence-corrected chi connectivity index (χ4v) is 3.62. The van der Waals surface area contributed by atoms with Crippen molar-refractivity contribution < 1.29 is 9.59 Å². The van der Waals surface area contributed by atoms with Crippen LogP contribution in [0.1, 0.15) is 30.7 Å². The zero-order chi connectivity index (χ0) is 16.7. The number of carbonyl (C=O) groups excluding carboxylic acids is 2. The third-order valence-corrected chi connectivity index (χ3v) is 5.23. The first-order chi connectivity index (χ1) is 11.1. The van der Waals surface area contributed by atoms with E-state index in [0.717, 1.165) is 19.0 Å². The first-order valence-corrected chi connectivity index (χ1v) is 8.99. The predicted molar refractivity (Wildman–Crippen MR) is 107 cm³/mol. The van der Waals surface area contributed by atoms with Crippen LogP contribution in [-0.2, 0) is 9.59 Å². The molecule has 2 heterocycles. The topological polar surface area (TPSA) is 87.5 Å². The maximum Gasteiger partial charge on any atom is 0.239 e. The second kappa shape index (κ2) is 12.5. The van der Waals surface area contributed by atoms with Gasteiger partial charge in [0.25, 0.3) is 0 Å². The van der Waals surface area contributed by atoms with E-state index >= 15 is 0 Å². The highest BCUT2D eigenvalue weighted by molar-refractivity contribution is 7.10. The van der Waals surface area contributed by atoms with Crippen LogP contribution in [0.15, 0.2) is 17.5 Å². The number of nitrogens with one attached hydrogen (secondary N) is 2. The van der Waals surface area contributed by atoms with Gasteiger partial charge in [0.1, 0.15) is 0 Å². The molecule has 144 valence electrons. The quantitative estimate of drug-likeness (QED) is 0.636. The fraction of sp³-hybridized carbons (Fsp3) is 0.625. The monoisotopic (exact) mass is 410 g/mol. The van der Waals surface area contributed by atoms with Gasteiger partial charge in [-0.15, -0.1) is 36.2 Å². The van der Waals surface area contributed by atoms with E-state index < -0.39 is 0 Å². The van der Waals surface area contributed by atoms with Gasteiger partial charge < -0.3 is 16.4 Å². The van der Waals surface area contributed by atoms with Crippen molar-refractivity contribution >= 4 is 48.0 Å². The summed E-state index contributed by atoms with van der Waals surface area (Å²) in [6, 6.07) is 4.37. The molecule has 6 nitrogen and oxygen atoms in total. The third kappa shape index (κ3) is 7.92. The minimum atomic E-state index is -0.319. The largest absolute Gasteiger partial charge is 0.353 e. The van der Waals surface area contributed by atoms with Crippen LogP contribution in [-0.4, -0.2) is 49.4 Å². The summed E-state index contributed by atoms with van der Waals surface area (Å²) >= 11 is 1.72. The van der Waals surface area contributed by atoms with E-state index in [1.54, 1.807) is 11.3 Å². The zero-order valence-electron chi connectivity index (χ0n) is 14.4. The molecule has 0 bridgehead atoms. The minimum Gasteiger partial charge on any atom is -0.353 e. The lowest BCUT2D eigenvalue weighted by atomic mass is 9.97. The molecule has 1 aliphatic rings. The molecular weight excluding hydrogens is 383 g/mol. The average molecular weight is 411 g/mol. The molecule has 0 aliphatic carbocycles. The van der Waals surface area contributed by atoms with Gasteiger partial charge in [0.2, 0.25) is 11.8 Å². The van der Waals surface area contributed by atoms with Crippen molar-refractivity contribution in [1.29, 1.82) is 0 Å². The lowest BCUT2D eigenvalue weighted by Crippen LogP contribution is -2.44. The lowest BCUT2D eigenvalue weighted by molar-refractivity contribution is -0.125. The molecule has 0 radical (unpaired) electrons. The van der Waals surface area contributed by atoms with Crippen LogP contribution in [0.5, 0.6) is 0 Å². The van der Waals surface area contributed by atoms with E-state index in [1.807, 2.05) is 6.07 Å². The molecule has 1 fully saturated rings. The van der Waals surface area contributed by atoms with Crippen molar-refractivity contribution in [3.05, 3.63) is 22.4 Å². The zero-order valence-corrected chi connectivity index (χ0v) is 16.9. The number of likely N-dealkylation sites (tertiary alicyclic amines) is 1. The second-order valence-electron chi connectivity index (χ2n) is 6.03. The van der Waals surface area contributed by atoms with Gasteiger partial charge in [0.05, 0.1) is 19.1 Å². The van der Waals surface area contributed by atoms with Gasteiger partial charge in [-0.3, -0.25) is 14.5 Å². The molecule has 1 atom stereocenters. The molecule has 1 saturated heterocycles. The van der Waals surface area contributed by atoms with Crippen LogP contribution in [0.4, 0.5) is 0 Å². The molecule has 2 amide bonds. The van der Waals surface area contributed by atoms with E-state index in [-0.39, 0.29) is 55.8 Å². The normalized spacial score (nSPS) is 16.2. The van der Waals surface area contributed by atoms with Crippen molar-refractivity contribution in [2.75, 3.05) is 32.7 Å². The number of piperidine rings is 1. The maximum absolute atomic E-state index is 11.9. The summed E-state index contributed by atoms with van der Waals surface area (Å²) in [6.45, 7) is 4.85. The Labute approximate surface area is 165 Å². The number of amides is 2. The van der Waals surface area contributed by atoms with Crippen LogP contribution >= 0.6 is 36.2 Å². The Morgan fingerprint density at radius 1 is 1.28 bits per heavy atom. The Kier molecular flexibility index (Phi) is 12.1. The van der Waals surface area contributed by atoms with E-state index in [2.05, 4.69) is 33.9 Å². The summed E-state index contributed by atoms with van der Waals surface area (Å²) in [5.41, 5.74) is 5.20. The fourth-order valence-electron chi connectivity index (χ4n) is 2.75. The Morgan fingerprint density at radius 3 is 2.52 bits per heavy atom. The summed E-state index contributed by atoms with van der Waals surface area (Å²) in [4.78, 5) is 26.7. The van der Waals surface area contributed by atoms with E-state index in [9.17, 15) is 9.59 Å². The summed E-state index contributed by atoms with van der Waals surface area (Å²) in [5.74, 6) is 0.273. The highest BCUT2D eigenvalue weighted by Gasteiger charge is 2.25. The van der Waals surface area contributed by atoms with Crippen molar-refractivity contribution in [3.63, 3.8) is 0 Å². The standard InChI is InChI=1S/C16H26N4O2S.2ClH/c1-12-4-6-20(7-5-12)13(14-3-2-8-23-14)10-18-16(22)11-19-15(21)9-17;;/h2-3,8,12-13H,4-7,9-11,17H2,1H3,(H,18,22)(H,19,21);2*1H. The second-order valence-corrected chi connectivity index (χ2v) is 7.01. The van der Waals surface area contributed by atoms with Crippen LogP contribution in [0.3, 0.4) is 0 Å². The Bertz CT molecular complexity index is 508. The Balaban J connectivity index is 0.00000288. The number of nitrogens with zero attached hydrogens (tertiary/aromatic N) is 1. The molecule has 1 aromatic heterocycles. The summed E-state index contributed by atoms with van der Waals surface area (Å²) in [7, 11) is 0. The van der Waals surface area contributed by atoms with Crippen LogP contribution in [0.2, 0.25) is 0 Å². The van der Waals surface area contributed by atoms with Gasteiger partial charge in [-0.25, -0.2) is 0 Å². The van der Waals surface area contributed by atoms with Gasteiger partial charge >= 0.3 is 0 Å². The maximum atomic E-state index is 11.9. The van der Waals surface area contributed by atoms with E-state index in [4.69, 9.17) is 5.73 Å². The molecule has 1 unspecified atom stereocenters. The number of hydrogen-bond donors (Lipinski definition) is 3. The molecule has 0 spiro atoms. The number of halogens is 2. The number of thiophene rings is 1. The van der Waals surface area contributed by atoms with E-state index in [0.29, 0.717) is 6.54 Å². The van der Waals surface area contributed by atoms with Crippen molar-refractivity contribution in [2.24, 2.45) is 11.7 Å². The van der Waals surface area contributed by atoms with Gasteiger partial charge in [-0.2, -0.15) is 0 Å². The number of carbonyl (C=O) groups is 2. The predicted octanol–water partition coefficient (Wildman–Crippen LogP) is 1.56. The summed E-state index contributed by atoms with van der Waals surface area (Å²) in [5, 5.41) is 7.49. The molecule has 9 heteroatoms. The molecule has 1 aromatic rings. The molecule has 2 rings (SSSR count). The molecular formula is C16H28Cl2N4O2S. The van der Waals surface area contributed by atoms with E-state index in [1.165, 1.54) is 17.7 Å². The highest BCUT2D eigenvalue weighted by Crippen LogP contribution is 2.28. The summed E-state index contributed by atoms with van der Waals surface area (Å²) in [6.07, 6.45) is 2.39. The van der Waals surface area contributed by atoms with Crippen LogP contribution < -0.4 is 16.4 Å². The van der Waals surface area contributed by atoms with Crippen molar-refractivity contribution in [2.45, 2.75) is 25.8 Å². The van der Waals surface area contributed by atoms with Crippen molar-refractivity contribution in [3.8, 4) is 0 Å². The molecule has 4 N–H and O–H groups in total. The summed E-state index contributed by atoms with van der Waals surface area (Å²) < 4.78 is 0. The molecule has 25 heavy (non-hydrogen) atoms. The first-order valence-electron chi connectivity index (χ1n) is 8.11. The van der Waals surface area contributed by atoms with Gasteiger partial charge in [-0.1, -0.05) is 13.0 Å². The molecule has 0 aromatic carbocycles. The Hall–Kier alpha value is -0.860. The van der Waals surface area contributed by atoms with Crippen LogP contribution in [0, 0.1) is 5.92 Å². The average Bonchev–Trinajstić information content (AvgIpc) is 3.08. The SMILES string of the molecule is CC1CCN(C(CNC(=O)CNC(=O)CN)c2cccs2)CC1.Cl.Cl. The van der Waals surface area contributed by atoms with Crippen molar-refractivity contribution in [1.82, 2.24) is 15.5 Å². The Morgan fingerprint density at radius 2 is 1.96 bits per heavy atom. The molecule has 1 aliphatic heterocycles. The minimum absolute atomic E-state index is 0. The number of nitrogens with two attached hydrogens (primary N) is 1. The highest BCUT2D eigenvalue weighted by atomic mass is 35.5. The number of rotatable bonds is 7. The van der Waals surface area contributed by atoms with Gasteiger partial charge in [0, 0.05) is 11.4 Å². The smallest absolute Gasteiger partial charge is 0.239 e. The van der Waals surface area contributed by atoms with Gasteiger partial charge in [-0.05, 0) is 43.3 Å². The number of hydrogen-bond acceptors (Lipinski definition) is 5. The van der Waals surface area contributed by atoms with Gasteiger partial charge in [0.15, 0.2) is 0 Å². The van der Waals surface area contributed by atoms with Crippen LogP contribution in [0.25, 0.3) is 0 Å². The third-order valence-electron chi connectivity index (χ3n) is 4.25. The lowest BCUT2D eigenvalue weighted by Gasteiger charge is -2.36. The first kappa shape index (κ1) is 24.1. The molecule has 0 saturated carbocycles.